The Bertz CT molecular complexity index is 94.9. The average molecular weight is 249 g/mol. The van der Waals surface area contributed by atoms with Gasteiger partial charge in [0, 0.05) is 38.1 Å². The third-order valence-corrected chi connectivity index (χ3v) is 0. The van der Waals surface area contributed by atoms with Gasteiger partial charge in [0.2, 0.25) is 0 Å². The van der Waals surface area contributed by atoms with Gasteiger partial charge < -0.3 is 0 Å². The van der Waals surface area contributed by atoms with Crippen molar-refractivity contribution < 1.29 is 55.7 Å². The summed E-state index contributed by atoms with van der Waals surface area (Å²) in [6, 6.07) is 0. The first-order valence-corrected chi connectivity index (χ1v) is 2.10. The van der Waals surface area contributed by atoms with Crippen LogP contribution in [0.4, 0.5) is 0 Å². The van der Waals surface area contributed by atoms with Crippen LogP contribution in [0, 0.1) is 0 Å². The van der Waals surface area contributed by atoms with Crippen LogP contribution < -0.4 is 0 Å². The maximum Gasteiger partial charge on any atom is 0.394 e. The maximum atomic E-state index is 8.74. The number of hydrogen-bond acceptors (Lipinski definition) is 2. The van der Waals surface area contributed by atoms with Gasteiger partial charge in [-0.05, 0) is 0 Å². The monoisotopic (exact) mass is 251 g/mol. The summed E-state index contributed by atoms with van der Waals surface area (Å²) in [6.45, 7) is 0. The molecular formula is H2MnMoO4S. The summed E-state index contributed by atoms with van der Waals surface area (Å²) in [5.74, 6) is 0. The first-order chi connectivity index (χ1) is 2.00. The quantitative estimate of drug-likeness (QED) is 0.441. The summed E-state index contributed by atoms with van der Waals surface area (Å²) in [4.78, 5) is 0. The van der Waals surface area contributed by atoms with E-state index < -0.39 is 10.4 Å². The second-order valence-corrected chi connectivity index (χ2v) is 1.34. The molecule has 1 radical (unpaired) electrons. The van der Waals surface area contributed by atoms with Crippen LogP contribution >= 0.6 is 0 Å². The first kappa shape index (κ1) is 15.7. The zero-order valence-electron chi connectivity index (χ0n) is 2.91. The molecule has 0 aliphatic heterocycles. The molecular weight excluding hydrogens is 247 g/mol. The second kappa shape index (κ2) is 5.22. The summed E-state index contributed by atoms with van der Waals surface area (Å²) in [6.07, 6.45) is 0. The van der Waals surface area contributed by atoms with Gasteiger partial charge in [0.15, 0.2) is 0 Å². The van der Waals surface area contributed by atoms with E-state index in [0.29, 0.717) is 0 Å². The molecule has 0 fully saturated rings. The first-order valence-electron chi connectivity index (χ1n) is 0.698. The summed E-state index contributed by atoms with van der Waals surface area (Å²) in [7, 11) is -4.67. The molecule has 0 spiro atoms. The Kier molecular flexibility index (Phi) is 11.7. The van der Waals surface area contributed by atoms with Gasteiger partial charge in [0.05, 0.1) is 0 Å². The van der Waals surface area contributed by atoms with Crippen LogP contribution in [0.1, 0.15) is 0 Å². The predicted molar refractivity (Wildman–Crippen MR) is 14.2 cm³/mol. The Morgan fingerprint density at radius 2 is 1.14 bits per heavy atom. The topological polar surface area (TPSA) is 74.6 Å². The van der Waals surface area contributed by atoms with Crippen molar-refractivity contribution in [2.45, 2.75) is 0 Å². The molecule has 0 aliphatic carbocycles. The van der Waals surface area contributed by atoms with Crippen molar-refractivity contribution in [1.82, 2.24) is 0 Å². The molecule has 0 rings (SSSR count). The molecule has 2 N–H and O–H groups in total. The van der Waals surface area contributed by atoms with Gasteiger partial charge in [0.25, 0.3) is 0 Å². The van der Waals surface area contributed by atoms with Crippen molar-refractivity contribution in [2.24, 2.45) is 0 Å². The van der Waals surface area contributed by atoms with Gasteiger partial charge in [-0.2, -0.15) is 8.42 Å². The average Bonchev–Trinajstić information content (AvgIpc) is 0.722. The van der Waals surface area contributed by atoms with Crippen LogP contribution in [0.3, 0.4) is 0 Å². The van der Waals surface area contributed by atoms with Crippen molar-refractivity contribution in [3.05, 3.63) is 0 Å². The fourth-order valence-corrected chi connectivity index (χ4v) is 0. The van der Waals surface area contributed by atoms with Crippen molar-refractivity contribution in [2.75, 3.05) is 0 Å². The molecule has 0 aliphatic rings. The molecule has 0 saturated carbocycles. The van der Waals surface area contributed by atoms with Gasteiger partial charge in [-0.15, -0.1) is 0 Å². The molecule has 0 aromatic heterocycles. The third-order valence-electron chi connectivity index (χ3n) is 0. The largest absolute Gasteiger partial charge is 0.394 e. The van der Waals surface area contributed by atoms with Crippen molar-refractivity contribution in [3.8, 4) is 0 Å². The Morgan fingerprint density at radius 3 is 1.14 bits per heavy atom. The third kappa shape index (κ3) is 157. The fourth-order valence-electron chi connectivity index (χ4n) is 0. The van der Waals surface area contributed by atoms with Crippen LogP contribution in [0.25, 0.3) is 0 Å². The van der Waals surface area contributed by atoms with E-state index in [2.05, 4.69) is 0 Å². The van der Waals surface area contributed by atoms with E-state index in [4.69, 9.17) is 17.5 Å². The molecule has 0 bridgehead atoms. The van der Waals surface area contributed by atoms with Crippen LogP contribution in [-0.4, -0.2) is 17.5 Å². The molecule has 4 nitrogen and oxygen atoms in total. The van der Waals surface area contributed by atoms with E-state index in [1.165, 1.54) is 0 Å². The van der Waals surface area contributed by atoms with Gasteiger partial charge in [-0.25, -0.2) is 0 Å². The zero-order valence-corrected chi connectivity index (χ0v) is 6.91. The van der Waals surface area contributed by atoms with Crippen LogP contribution in [0.15, 0.2) is 0 Å². The number of rotatable bonds is 0. The number of hydrogen-bond donors (Lipinski definition) is 2. The SMILES string of the molecule is O=S(=O)(O)O.[Mn].[Mo]. The molecule has 45 valence electrons. The van der Waals surface area contributed by atoms with E-state index in [0.717, 1.165) is 0 Å². The summed E-state index contributed by atoms with van der Waals surface area (Å²) < 4.78 is 31.6. The minimum Gasteiger partial charge on any atom is -0.264 e. The molecule has 0 heterocycles. The van der Waals surface area contributed by atoms with Crippen molar-refractivity contribution >= 4 is 10.4 Å². The molecule has 0 unspecified atom stereocenters. The van der Waals surface area contributed by atoms with E-state index in [1.807, 2.05) is 0 Å². The molecule has 0 amide bonds. The Labute approximate surface area is 66.0 Å². The molecule has 0 saturated heterocycles. The Hall–Kier alpha value is 1.08. The van der Waals surface area contributed by atoms with E-state index in [9.17, 15) is 0 Å². The van der Waals surface area contributed by atoms with E-state index in [1.54, 1.807) is 0 Å². The van der Waals surface area contributed by atoms with Gasteiger partial charge in [-0.3, -0.25) is 9.11 Å². The van der Waals surface area contributed by atoms with Gasteiger partial charge in [0.1, 0.15) is 0 Å². The molecule has 7 heteroatoms. The normalized spacial score (nSPS) is 8.29. The van der Waals surface area contributed by atoms with Gasteiger partial charge in [-0.1, -0.05) is 0 Å². The fraction of sp³-hybridized carbons (Fsp3) is 0. The standard InChI is InChI=1S/Mn.Mo.H2O4S/c;;1-5(2,3)4/h;;(H2,1,2,3,4). The zero-order chi connectivity index (χ0) is 4.50. The van der Waals surface area contributed by atoms with Gasteiger partial charge >= 0.3 is 10.4 Å². The van der Waals surface area contributed by atoms with E-state index >= 15 is 0 Å². The molecule has 0 aromatic carbocycles. The molecule has 7 heavy (non-hydrogen) atoms. The second-order valence-electron chi connectivity index (χ2n) is 0.448. The molecule has 0 atom stereocenters. The van der Waals surface area contributed by atoms with Crippen LogP contribution in [-0.2, 0) is 48.5 Å². The summed E-state index contributed by atoms with van der Waals surface area (Å²) in [5.41, 5.74) is 0. The van der Waals surface area contributed by atoms with Crippen molar-refractivity contribution in [3.63, 3.8) is 0 Å². The molecule has 0 aromatic rings. The summed E-state index contributed by atoms with van der Waals surface area (Å²) in [5, 5.41) is 0. The minimum absolute atomic E-state index is 0. The Balaban J connectivity index is -0.0000000800. The summed E-state index contributed by atoms with van der Waals surface area (Å²) >= 11 is 0. The maximum absolute atomic E-state index is 8.74. The Morgan fingerprint density at radius 1 is 1.14 bits per heavy atom. The van der Waals surface area contributed by atoms with E-state index in [-0.39, 0.29) is 38.1 Å². The smallest absolute Gasteiger partial charge is 0.264 e. The van der Waals surface area contributed by atoms with Crippen LogP contribution in [0.5, 0.6) is 0 Å². The minimum atomic E-state index is -4.67. The predicted octanol–water partition coefficient (Wildman–Crippen LogP) is -0.658. The van der Waals surface area contributed by atoms with Crippen LogP contribution in [0.2, 0.25) is 0 Å². The van der Waals surface area contributed by atoms with Crippen molar-refractivity contribution in [1.29, 1.82) is 0 Å².